The molecule has 2 atom stereocenters. The molecule has 0 bridgehead atoms. The molecule has 0 saturated heterocycles. The van der Waals surface area contributed by atoms with Crippen LogP contribution in [-0.4, -0.2) is 42.4 Å². The molecule has 3 aromatic carbocycles. The summed E-state index contributed by atoms with van der Waals surface area (Å²) in [5.41, 5.74) is 4.58. The minimum Gasteiger partial charge on any atom is -0.480 e. The van der Waals surface area contributed by atoms with E-state index in [9.17, 15) is 14.7 Å². The number of aliphatic carboxylic acids is 1. The minimum absolute atomic E-state index is 0.0155. The van der Waals surface area contributed by atoms with Crippen molar-refractivity contribution >= 4 is 33.2 Å². The predicted octanol–water partition coefficient (Wildman–Crippen LogP) is 7.08. The highest BCUT2D eigenvalue weighted by atomic mass is 32.1. The van der Waals surface area contributed by atoms with E-state index in [1.54, 1.807) is 0 Å². The highest BCUT2D eigenvalue weighted by molar-refractivity contribution is 7.20. The summed E-state index contributed by atoms with van der Waals surface area (Å²) in [6.07, 6.45) is 2.97. The summed E-state index contributed by atoms with van der Waals surface area (Å²) >= 11 is 1.52. The van der Waals surface area contributed by atoms with E-state index in [0.717, 1.165) is 40.5 Å². The zero-order chi connectivity index (χ0) is 29.9. The van der Waals surface area contributed by atoms with Crippen molar-refractivity contribution in [2.45, 2.75) is 65.3 Å². The van der Waals surface area contributed by atoms with Crippen molar-refractivity contribution in [3.8, 4) is 0 Å². The third-order valence-corrected chi connectivity index (χ3v) is 8.20. The molecule has 4 rings (SSSR count). The molecule has 0 saturated carbocycles. The predicted molar refractivity (Wildman–Crippen MR) is 169 cm³/mol. The second-order valence-corrected chi connectivity index (χ2v) is 12.2. The number of rotatable bonds is 17. The first-order chi connectivity index (χ1) is 20.3. The number of benzene rings is 3. The smallest absolute Gasteiger partial charge is 0.321 e. The summed E-state index contributed by atoms with van der Waals surface area (Å²) in [7, 11) is 0. The Hall–Kier alpha value is -3.36. The van der Waals surface area contributed by atoms with E-state index in [-0.39, 0.29) is 12.4 Å². The van der Waals surface area contributed by atoms with Crippen LogP contribution < -0.4 is 5.32 Å². The molecule has 1 unspecified atom stereocenters. The molecule has 2 N–H and O–H groups in total. The molecule has 0 amide bonds. The van der Waals surface area contributed by atoms with Crippen molar-refractivity contribution in [1.29, 1.82) is 0 Å². The van der Waals surface area contributed by atoms with E-state index in [1.807, 2.05) is 43.3 Å². The maximum atomic E-state index is 12.7. The van der Waals surface area contributed by atoms with Crippen LogP contribution in [0.5, 0.6) is 0 Å². The number of nitrogens with one attached hydrogen (secondary N) is 1. The Bertz CT molecular complexity index is 1430. The van der Waals surface area contributed by atoms with Crippen LogP contribution >= 0.6 is 11.3 Å². The molecule has 0 aliphatic carbocycles. The van der Waals surface area contributed by atoms with Gasteiger partial charge < -0.3 is 19.9 Å². The summed E-state index contributed by atoms with van der Waals surface area (Å²) in [6.45, 7) is 7.11. The van der Waals surface area contributed by atoms with E-state index in [4.69, 9.17) is 9.47 Å². The molecular weight excluding hydrogens is 546 g/mol. The third kappa shape index (κ3) is 9.88. The third-order valence-electron chi connectivity index (χ3n) is 7.06. The van der Waals surface area contributed by atoms with Gasteiger partial charge in [-0.3, -0.25) is 9.59 Å². The molecule has 222 valence electrons. The van der Waals surface area contributed by atoms with Crippen molar-refractivity contribution in [2.24, 2.45) is 5.92 Å². The van der Waals surface area contributed by atoms with Gasteiger partial charge in [0.1, 0.15) is 12.6 Å². The largest absolute Gasteiger partial charge is 0.480 e. The summed E-state index contributed by atoms with van der Waals surface area (Å²) < 4.78 is 12.3. The van der Waals surface area contributed by atoms with Gasteiger partial charge in [0.15, 0.2) is 12.1 Å². The minimum atomic E-state index is -0.842. The average molecular weight is 588 g/mol. The number of carbonyl (C=O) groups excluding carboxylic acids is 1. The first kappa shape index (κ1) is 31.6. The van der Waals surface area contributed by atoms with Gasteiger partial charge in [0.2, 0.25) is 0 Å². The maximum absolute atomic E-state index is 12.7. The Morgan fingerprint density at radius 1 is 0.833 bits per heavy atom. The molecule has 4 aromatic rings. The molecular formula is C35H41NO5S. The van der Waals surface area contributed by atoms with Gasteiger partial charge in [-0.2, -0.15) is 0 Å². The van der Waals surface area contributed by atoms with Gasteiger partial charge in [-0.15, -0.1) is 11.3 Å². The Kier molecular flexibility index (Phi) is 11.8. The van der Waals surface area contributed by atoms with Crippen LogP contribution in [0.3, 0.4) is 0 Å². The number of hydrogen-bond donors (Lipinski definition) is 2. The van der Waals surface area contributed by atoms with E-state index in [1.165, 1.54) is 22.5 Å². The van der Waals surface area contributed by atoms with Crippen molar-refractivity contribution < 1.29 is 24.2 Å². The van der Waals surface area contributed by atoms with Crippen LogP contribution in [0.25, 0.3) is 10.1 Å². The number of Topliss-reactive ketones (excluding diaryl/α,β-unsaturated/α-hetero) is 1. The van der Waals surface area contributed by atoms with Gasteiger partial charge in [0.05, 0.1) is 11.5 Å². The number of carboxylic acids is 1. The summed E-state index contributed by atoms with van der Waals surface area (Å²) in [5, 5.41) is 13.9. The second kappa shape index (κ2) is 15.8. The fourth-order valence-corrected chi connectivity index (χ4v) is 5.72. The van der Waals surface area contributed by atoms with Gasteiger partial charge in [-0.05, 0) is 78.3 Å². The lowest BCUT2D eigenvalue weighted by molar-refractivity contribution is -0.139. The van der Waals surface area contributed by atoms with E-state index in [2.05, 4.69) is 61.6 Å². The first-order valence-corrected chi connectivity index (χ1v) is 15.5. The molecule has 0 fully saturated rings. The molecule has 1 heterocycles. The van der Waals surface area contributed by atoms with Crippen molar-refractivity contribution in [3.63, 3.8) is 0 Å². The number of aryl methyl sites for hydroxylation is 2. The fraction of sp³-hybridized carbons (Fsp3) is 0.371. The SMILES string of the molecule is CC(C)COC(C)OCC(=O)c1cc2ccc(CCCc3ccc(CN[C@@H](Cc4ccccc4)C(=O)O)cc3)cc2s1. The zero-order valence-corrected chi connectivity index (χ0v) is 25.5. The Morgan fingerprint density at radius 2 is 1.52 bits per heavy atom. The van der Waals surface area contributed by atoms with Crippen molar-refractivity contribution in [1.82, 2.24) is 5.32 Å². The van der Waals surface area contributed by atoms with Crippen LogP contribution in [0.4, 0.5) is 0 Å². The maximum Gasteiger partial charge on any atom is 0.321 e. The van der Waals surface area contributed by atoms with Crippen LogP contribution in [0.1, 0.15) is 59.1 Å². The fourth-order valence-electron chi connectivity index (χ4n) is 4.67. The monoisotopic (exact) mass is 587 g/mol. The summed E-state index contributed by atoms with van der Waals surface area (Å²) in [4.78, 5) is 25.1. The average Bonchev–Trinajstić information content (AvgIpc) is 3.42. The van der Waals surface area contributed by atoms with Gasteiger partial charge >= 0.3 is 5.97 Å². The molecule has 1 aromatic heterocycles. The molecule has 0 aliphatic rings. The van der Waals surface area contributed by atoms with Gasteiger partial charge in [0.25, 0.3) is 0 Å². The number of fused-ring (bicyclic) bond motifs is 1. The van der Waals surface area contributed by atoms with Crippen LogP contribution in [0.15, 0.2) is 78.9 Å². The van der Waals surface area contributed by atoms with E-state index < -0.39 is 18.3 Å². The van der Waals surface area contributed by atoms with E-state index >= 15 is 0 Å². The molecule has 0 radical (unpaired) electrons. The molecule has 0 spiro atoms. The Balaban J connectivity index is 1.22. The highest BCUT2D eigenvalue weighted by Gasteiger charge is 2.17. The lowest BCUT2D eigenvalue weighted by Crippen LogP contribution is -2.38. The summed E-state index contributed by atoms with van der Waals surface area (Å²) in [5.74, 6) is -0.446. The van der Waals surface area contributed by atoms with Crippen LogP contribution in [0.2, 0.25) is 0 Å². The van der Waals surface area contributed by atoms with Crippen molar-refractivity contribution in [2.75, 3.05) is 13.2 Å². The van der Waals surface area contributed by atoms with Gasteiger partial charge in [-0.25, -0.2) is 0 Å². The van der Waals surface area contributed by atoms with Crippen LogP contribution in [-0.2, 0) is 40.1 Å². The number of ether oxygens (including phenoxy) is 2. The standard InChI is InChI=1S/C35H41NO5S/c1-24(2)22-40-25(3)41-23-32(37)34-20-30-17-16-28(19-33(30)42-34)11-7-10-26-12-14-29(15-13-26)21-36-31(35(38)39)18-27-8-5-4-6-9-27/h4-6,8-9,12-17,19-20,24-25,31,36H,7,10-11,18,21-23H2,1-3H3,(H,38,39)/t25?,31-/m0/s1. The molecule has 7 heteroatoms. The summed E-state index contributed by atoms with van der Waals surface area (Å²) in [6, 6.07) is 25.8. The lowest BCUT2D eigenvalue weighted by atomic mass is 10.0. The van der Waals surface area contributed by atoms with Crippen LogP contribution in [0, 0.1) is 5.92 Å². The number of ketones is 1. The van der Waals surface area contributed by atoms with Gasteiger partial charge in [0, 0.05) is 11.2 Å². The van der Waals surface area contributed by atoms with Crippen molar-refractivity contribution in [3.05, 3.63) is 106 Å². The number of thiophene rings is 1. The first-order valence-electron chi connectivity index (χ1n) is 14.6. The van der Waals surface area contributed by atoms with E-state index in [0.29, 0.717) is 30.4 Å². The Labute approximate surface area is 252 Å². The van der Waals surface area contributed by atoms with Gasteiger partial charge in [-0.1, -0.05) is 80.6 Å². The normalized spacial score (nSPS) is 13.0. The zero-order valence-electron chi connectivity index (χ0n) is 24.7. The number of hydrogen-bond acceptors (Lipinski definition) is 6. The molecule has 42 heavy (non-hydrogen) atoms. The second-order valence-electron chi connectivity index (χ2n) is 11.1. The quantitative estimate of drug-likeness (QED) is 0.101. The topological polar surface area (TPSA) is 84.9 Å². The molecule has 0 aliphatic heterocycles. The lowest BCUT2D eigenvalue weighted by Gasteiger charge is -2.15. The Morgan fingerprint density at radius 3 is 2.24 bits per heavy atom. The molecule has 6 nitrogen and oxygen atoms in total. The highest BCUT2D eigenvalue weighted by Crippen LogP contribution is 2.28. The number of carbonyl (C=O) groups is 2. The number of carboxylic acid groups (broad SMARTS) is 1.